The minimum Gasteiger partial charge on any atom is -0.355 e. The van der Waals surface area contributed by atoms with Crippen molar-refractivity contribution in [3.8, 4) is 0 Å². The standard InChI is InChI=1S/C22H26Cl2N2O2/c1-4-20(22(28)25-5-2)26(14-17-10-11-18(23)19(24)12-17)21(27)13-16-8-6-15(3)7-9-16/h6-12,20H,4-5,13-14H2,1-3H3,(H,25,28). The number of benzene rings is 2. The normalized spacial score (nSPS) is 11.8. The van der Waals surface area contributed by atoms with Crippen molar-refractivity contribution >= 4 is 35.0 Å². The molecule has 2 rings (SSSR count). The van der Waals surface area contributed by atoms with Crippen molar-refractivity contribution in [3.05, 3.63) is 69.2 Å². The lowest BCUT2D eigenvalue weighted by Crippen LogP contribution is -2.49. The smallest absolute Gasteiger partial charge is 0.242 e. The summed E-state index contributed by atoms with van der Waals surface area (Å²) in [5, 5.41) is 3.71. The summed E-state index contributed by atoms with van der Waals surface area (Å²) in [5.74, 6) is -0.254. The highest BCUT2D eigenvalue weighted by Gasteiger charge is 2.28. The molecule has 1 N–H and O–H groups in total. The highest BCUT2D eigenvalue weighted by molar-refractivity contribution is 6.42. The van der Waals surface area contributed by atoms with Crippen molar-refractivity contribution in [1.29, 1.82) is 0 Å². The molecule has 0 aromatic heterocycles. The van der Waals surface area contributed by atoms with Crippen LogP contribution in [0, 0.1) is 6.92 Å². The Morgan fingerprint density at radius 2 is 1.64 bits per heavy atom. The summed E-state index contributed by atoms with van der Waals surface area (Å²) in [6, 6.07) is 12.6. The van der Waals surface area contributed by atoms with Crippen molar-refractivity contribution < 1.29 is 9.59 Å². The first-order valence-corrected chi connectivity index (χ1v) is 10.2. The van der Waals surface area contributed by atoms with E-state index in [1.807, 2.05) is 51.1 Å². The Morgan fingerprint density at radius 3 is 2.21 bits per heavy atom. The summed E-state index contributed by atoms with van der Waals surface area (Å²) in [7, 11) is 0. The third-order valence-corrected chi connectivity index (χ3v) is 5.29. The largest absolute Gasteiger partial charge is 0.355 e. The van der Waals surface area contributed by atoms with Crippen molar-refractivity contribution in [2.45, 2.75) is 46.2 Å². The van der Waals surface area contributed by atoms with Crippen molar-refractivity contribution in [1.82, 2.24) is 10.2 Å². The van der Waals surface area contributed by atoms with E-state index in [9.17, 15) is 9.59 Å². The van der Waals surface area contributed by atoms with Gasteiger partial charge in [-0.2, -0.15) is 0 Å². The van der Waals surface area contributed by atoms with E-state index in [0.29, 0.717) is 23.0 Å². The maximum atomic E-state index is 13.1. The number of rotatable bonds is 8. The van der Waals surface area contributed by atoms with Crippen LogP contribution in [0.3, 0.4) is 0 Å². The molecule has 0 aliphatic carbocycles. The van der Waals surface area contributed by atoms with Gasteiger partial charge in [-0.3, -0.25) is 9.59 Å². The Bertz CT molecular complexity index is 822. The van der Waals surface area contributed by atoms with Gasteiger partial charge in [0, 0.05) is 13.1 Å². The predicted molar refractivity (Wildman–Crippen MR) is 115 cm³/mol. The predicted octanol–water partition coefficient (Wildman–Crippen LogP) is 4.79. The van der Waals surface area contributed by atoms with Gasteiger partial charge in [0.1, 0.15) is 6.04 Å². The second-order valence-electron chi connectivity index (χ2n) is 6.75. The fourth-order valence-corrected chi connectivity index (χ4v) is 3.35. The molecule has 150 valence electrons. The number of carbonyl (C=O) groups excluding carboxylic acids is 2. The molecule has 4 nitrogen and oxygen atoms in total. The summed E-state index contributed by atoms with van der Waals surface area (Å²) >= 11 is 12.1. The zero-order valence-electron chi connectivity index (χ0n) is 16.5. The number of halogens is 2. The average Bonchev–Trinajstić information content (AvgIpc) is 2.66. The number of likely N-dealkylation sites (N-methyl/N-ethyl adjacent to an activating group) is 1. The molecule has 0 saturated heterocycles. The summed E-state index contributed by atoms with van der Waals surface area (Å²) < 4.78 is 0. The van der Waals surface area contributed by atoms with E-state index in [0.717, 1.165) is 16.7 Å². The van der Waals surface area contributed by atoms with Gasteiger partial charge in [0.05, 0.1) is 16.5 Å². The maximum absolute atomic E-state index is 13.1. The molecule has 0 bridgehead atoms. The van der Waals surface area contributed by atoms with Crippen molar-refractivity contribution in [2.24, 2.45) is 0 Å². The topological polar surface area (TPSA) is 49.4 Å². The molecule has 6 heteroatoms. The number of nitrogens with one attached hydrogen (secondary N) is 1. The van der Waals surface area contributed by atoms with Crippen LogP contribution in [0.4, 0.5) is 0 Å². The molecule has 0 aliphatic heterocycles. The SMILES string of the molecule is CCNC(=O)C(CC)N(Cc1ccc(Cl)c(Cl)c1)C(=O)Cc1ccc(C)cc1. The van der Waals surface area contributed by atoms with Gasteiger partial charge in [0.25, 0.3) is 0 Å². The van der Waals surface area contributed by atoms with E-state index in [2.05, 4.69) is 5.32 Å². The Hall–Kier alpha value is -2.04. The summed E-state index contributed by atoms with van der Waals surface area (Å²) in [5.41, 5.74) is 2.88. The van der Waals surface area contributed by atoms with Crippen LogP contribution in [0.5, 0.6) is 0 Å². The average molecular weight is 421 g/mol. The van der Waals surface area contributed by atoms with Gasteiger partial charge in [0.15, 0.2) is 0 Å². The fraction of sp³-hybridized carbons (Fsp3) is 0.364. The van der Waals surface area contributed by atoms with Gasteiger partial charge in [-0.15, -0.1) is 0 Å². The van der Waals surface area contributed by atoms with Crippen LogP contribution in [0.1, 0.15) is 37.0 Å². The third-order valence-electron chi connectivity index (χ3n) is 4.55. The van der Waals surface area contributed by atoms with E-state index in [1.54, 1.807) is 17.0 Å². The lowest BCUT2D eigenvalue weighted by atomic mass is 10.1. The van der Waals surface area contributed by atoms with E-state index in [1.165, 1.54) is 0 Å². The molecule has 2 aromatic carbocycles. The minimum absolute atomic E-state index is 0.104. The number of hydrogen-bond acceptors (Lipinski definition) is 2. The summed E-state index contributed by atoms with van der Waals surface area (Å²) in [6.45, 7) is 6.58. The zero-order chi connectivity index (χ0) is 20.7. The lowest BCUT2D eigenvalue weighted by Gasteiger charge is -2.30. The molecule has 1 atom stereocenters. The summed E-state index contributed by atoms with van der Waals surface area (Å²) in [4.78, 5) is 27.4. The van der Waals surface area contributed by atoms with Gasteiger partial charge in [-0.25, -0.2) is 0 Å². The second kappa shape index (κ2) is 10.5. The molecular weight excluding hydrogens is 395 g/mol. The number of carbonyl (C=O) groups is 2. The van der Waals surface area contributed by atoms with Crippen LogP contribution in [0.2, 0.25) is 10.0 Å². The monoisotopic (exact) mass is 420 g/mol. The molecule has 1 unspecified atom stereocenters. The molecular formula is C22H26Cl2N2O2. The highest BCUT2D eigenvalue weighted by atomic mass is 35.5. The van der Waals surface area contributed by atoms with Crippen molar-refractivity contribution in [3.63, 3.8) is 0 Å². The number of amides is 2. The second-order valence-corrected chi connectivity index (χ2v) is 7.57. The van der Waals surface area contributed by atoms with Crippen LogP contribution in [0.25, 0.3) is 0 Å². The zero-order valence-corrected chi connectivity index (χ0v) is 18.0. The van der Waals surface area contributed by atoms with E-state index in [-0.39, 0.29) is 24.8 Å². The van der Waals surface area contributed by atoms with Crippen LogP contribution < -0.4 is 5.32 Å². The molecule has 2 aromatic rings. The molecule has 0 saturated carbocycles. The minimum atomic E-state index is -0.549. The first-order valence-electron chi connectivity index (χ1n) is 9.42. The molecule has 2 amide bonds. The van der Waals surface area contributed by atoms with E-state index >= 15 is 0 Å². The number of aryl methyl sites for hydroxylation is 1. The van der Waals surface area contributed by atoms with E-state index in [4.69, 9.17) is 23.2 Å². The number of hydrogen-bond donors (Lipinski definition) is 1. The van der Waals surface area contributed by atoms with Gasteiger partial charge >= 0.3 is 0 Å². The molecule has 0 aliphatic rings. The van der Waals surface area contributed by atoms with Crippen molar-refractivity contribution in [2.75, 3.05) is 6.54 Å². The molecule has 0 heterocycles. The molecule has 0 radical (unpaired) electrons. The molecule has 0 fully saturated rings. The number of nitrogens with zero attached hydrogens (tertiary/aromatic N) is 1. The third kappa shape index (κ3) is 5.98. The van der Waals surface area contributed by atoms with Crippen LogP contribution >= 0.6 is 23.2 Å². The first-order chi connectivity index (χ1) is 13.3. The Morgan fingerprint density at radius 1 is 1.00 bits per heavy atom. The molecule has 0 spiro atoms. The van der Waals surface area contributed by atoms with Gasteiger partial charge in [-0.1, -0.05) is 66.0 Å². The van der Waals surface area contributed by atoms with Crippen LogP contribution in [-0.4, -0.2) is 29.3 Å². The van der Waals surface area contributed by atoms with Gasteiger partial charge in [-0.05, 0) is 43.5 Å². The summed E-state index contributed by atoms with van der Waals surface area (Å²) in [6.07, 6.45) is 0.754. The first kappa shape index (κ1) is 22.3. The van der Waals surface area contributed by atoms with Crippen LogP contribution in [0.15, 0.2) is 42.5 Å². The van der Waals surface area contributed by atoms with E-state index < -0.39 is 6.04 Å². The van der Waals surface area contributed by atoms with Crippen LogP contribution in [-0.2, 0) is 22.6 Å². The van der Waals surface area contributed by atoms with Gasteiger partial charge in [0.2, 0.25) is 11.8 Å². The van der Waals surface area contributed by atoms with Gasteiger partial charge < -0.3 is 10.2 Å². The highest BCUT2D eigenvalue weighted by Crippen LogP contribution is 2.24. The Balaban J connectivity index is 2.30. The Kier molecular flexibility index (Phi) is 8.34. The quantitative estimate of drug-likeness (QED) is 0.667. The maximum Gasteiger partial charge on any atom is 0.242 e. The Labute approximate surface area is 176 Å². The lowest BCUT2D eigenvalue weighted by molar-refractivity contribution is -0.140. The fourth-order valence-electron chi connectivity index (χ4n) is 3.03. The molecule has 28 heavy (non-hydrogen) atoms.